The van der Waals surface area contributed by atoms with Crippen molar-refractivity contribution in [3.05, 3.63) is 71.2 Å². The van der Waals surface area contributed by atoms with E-state index in [0.29, 0.717) is 6.42 Å². The molecule has 2 atom stereocenters. The van der Waals surface area contributed by atoms with Gasteiger partial charge in [0.25, 0.3) is 0 Å². The average molecular weight is 411 g/mol. The topological polar surface area (TPSA) is 76.9 Å². The highest BCUT2D eigenvalue weighted by Gasteiger charge is 2.32. The van der Waals surface area contributed by atoms with E-state index in [9.17, 15) is 8.42 Å². The molecule has 0 amide bonds. The molecule has 3 aromatic rings. The van der Waals surface area contributed by atoms with Crippen LogP contribution in [-0.4, -0.2) is 35.5 Å². The van der Waals surface area contributed by atoms with Crippen molar-refractivity contribution in [3.63, 3.8) is 0 Å². The first-order valence-corrected chi connectivity index (χ1v) is 11.7. The summed E-state index contributed by atoms with van der Waals surface area (Å²) >= 11 is 0. The van der Waals surface area contributed by atoms with Gasteiger partial charge in [-0.05, 0) is 62.9 Å². The Hall–Kier alpha value is -2.51. The Morgan fingerprint density at radius 1 is 1.10 bits per heavy atom. The number of nitrogens with zero attached hydrogens (tertiary/aromatic N) is 3. The van der Waals surface area contributed by atoms with E-state index >= 15 is 0 Å². The number of hydrogen-bond donors (Lipinski definition) is 1. The summed E-state index contributed by atoms with van der Waals surface area (Å²) in [5.74, 6) is 0. The third-order valence-electron chi connectivity index (χ3n) is 5.35. The van der Waals surface area contributed by atoms with Crippen molar-refractivity contribution < 1.29 is 8.42 Å². The van der Waals surface area contributed by atoms with E-state index in [1.54, 1.807) is 0 Å². The maximum atomic E-state index is 11.9. The molecule has 1 aliphatic heterocycles. The molecule has 1 aliphatic rings. The van der Waals surface area contributed by atoms with Crippen molar-refractivity contribution in [2.24, 2.45) is 0 Å². The highest BCUT2D eigenvalue weighted by molar-refractivity contribution is 7.88. The molecule has 0 bridgehead atoms. The summed E-state index contributed by atoms with van der Waals surface area (Å²) < 4.78 is 28.7. The van der Waals surface area contributed by atoms with Crippen molar-refractivity contribution in [1.29, 1.82) is 0 Å². The third-order valence-corrected chi connectivity index (χ3v) is 6.08. The van der Waals surface area contributed by atoms with Crippen molar-refractivity contribution in [3.8, 4) is 11.3 Å². The van der Waals surface area contributed by atoms with Crippen LogP contribution in [0.5, 0.6) is 0 Å². The summed E-state index contributed by atoms with van der Waals surface area (Å²) in [6.07, 6.45) is 3.50. The molecule has 152 valence electrons. The molecule has 29 heavy (non-hydrogen) atoms. The fraction of sp³-hybridized carbons (Fsp3) is 0.364. The molecule has 0 saturated heterocycles. The minimum atomic E-state index is -3.30. The van der Waals surface area contributed by atoms with Gasteiger partial charge in [-0.2, -0.15) is 5.10 Å². The van der Waals surface area contributed by atoms with Gasteiger partial charge in [0.1, 0.15) is 0 Å². The van der Waals surface area contributed by atoms with Crippen LogP contribution < -0.4 is 4.72 Å². The second-order valence-electron chi connectivity index (χ2n) is 7.89. The van der Waals surface area contributed by atoms with Crippen molar-refractivity contribution >= 4 is 10.0 Å². The summed E-state index contributed by atoms with van der Waals surface area (Å²) in [6, 6.07) is 16.2. The molecule has 4 rings (SSSR count). The zero-order valence-electron chi connectivity index (χ0n) is 17.0. The fourth-order valence-electron chi connectivity index (χ4n) is 4.15. The van der Waals surface area contributed by atoms with Crippen LogP contribution in [0.1, 0.15) is 35.1 Å². The van der Waals surface area contributed by atoms with Gasteiger partial charge in [-0.15, -0.1) is 0 Å². The molecule has 6 nitrogen and oxygen atoms in total. The lowest BCUT2D eigenvalue weighted by molar-refractivity contribution is 0.299. The van der Waals surface area contributed by atoms with Crippen LogP contribution in [0.4, 0.5) is 0 Å². The van der Waals surface area contributed by atoms with Crippen LogP contribution in [0.3, 0.4) is 0 Å². The Kier molecular flexibility index (Phi) is 5.27. The molecule has 1 aromatic carbocycles. The van der Waals surface area contributed by atoms with Gasteiger partial charge in [0, 0.05) is 23.0 Å². The van der Waals surface area contributed by atoms with Crippen LogP contribution in [0.15, 0.2) is 48.5 Å². The van der Waals surface area contributed by atoms with Gasteiger partial charge in [-0.25, -0.2) is 13.1 Å². The molecule has 1 N–H and O–H groups in total. The number of sulfonamides is 1. The predicted molar refractivity (Wildman–Crippen MR) is 114 cm³/mol. The second kappa shape index (κ2) is 7.72. The van der Waals surface area contributed by atoms with E-state index in [4.69, 9.17) is 0 Å². The highest BCUT2D eigenvalue weighted by atomic mass is 32.2. The maximum absolute atomic E-state index is 11.9. The smallest absolute Gasteiger partial charge is 0.209 e. The lowest BCUT2D eigenvalue weighted by atomic mass is 9.92. The molecule has 0 radical (unpaired) electrons. The molecular formula is C22H26N4O2S. The van der Waals surface area contributed by atoms with Gasteiger partial charge in [0.2, 0.25) is 10.0 Å². The van der Waals surface area contributed by atoms with E-state index in [1.807, 2.05) is 42.8 Å². The number of aryl methyl sites for hydroxylation is 3. The van der Waals surface area contributed by atoms with Crippen LogP contribution in [0.2, 0.25) is 0 Å². The monoisotopic (exact) mass is 410 g/mol. The van der Waals surface area contributed by atoms with Gasteiger partial charge in [0.05, 0.1) is 23.7 Å². The van der Waals surface area contributed by atoms with Crippen LogP contribution in [0, 0.1) is 13.8 Å². The Labute approximate surface area is 172 Å². The summed E-state index contributed by atoms with van der Waals surface area (Å²) in [4.78, 5) is 4.62. The lowest BCUT2D eigenvalue weighted by Crippen LogP contribution is -2.45. The standard InChI is InChI=1S/C22H26N4O2S/c1-15-6-4-9-20(23-15)18-8-5-7-17(13-18)14-22-21(25-29(3,27)28)11-10-19-12-16(2)24-26(19)22/h4-9,12-13,21-22,25H,10-11,14H2,1-3H3. The zero-order chi connectivity index (χ0) is 20.6. The highest BCUT2D eigenvalue weighted by Crippen LogP contribution is 2.30. The molecule has 0 saturated carbocycles. The Morgan fingerprint density at radius 2 is 1.90 bits per heavy atom. The molecule has 0 fully saturated rings. The van der Waals surface area contributed by atoms with Crippen LogP contribution in [0.25, 0.3) is 11.3 Å². The van der Waals surface area contributed by atoms with E-state index in [2.05, 4.69) is 39.1 Å². The van der Waals surface area contributed by atoms with Gasteiger partial charge in [-0.3, -0.25) is 9.67 Å². The largest absolute Gasteiger partial charge is 0.264 e. The third kappa shape index (κ3) is 4.57. The first kappa shape index (κ1) is 19.8. The maximum Gasteiger partial charge on any atom is 0.209 e. The zero-order valence-corrected chi connectivity index (χ0v) is 17.8. The van der Waals surface area contributed by atoms with Crippen molar-refractivity contribution in [2.75, 3.05) is 6.26 Å². The normalized spacial score (nSPS) is 19.1. The van der Waals surface area contributed by atoms with Gasteiger partial charge < -0.3 is 0 Å². The molecular weight excluding hydrogens is 384 g/mol. The molecule has 0 spiro atoms. The van der Waals surface area contributed by atoms with E-state index in [0.717, 1.165) is 46.7 Å². The first-order chi connectivity index (χ1) is 13.8. The number of nitrogens with one attached hydrogen (secondary N) is 1. The SMILES string of the molecule is Cc1cccc(-c2cccc(CC3C(NS(C)(=O)=O)CCc4cc(C)nn43)c2)n1. The number of hydrogen-bond acceptors (Lipinski definition) is 4. The predicted octanol–water partition coefficient (Wildman–Crippen LogP) is 3.21. The quantitative estimate of drug-likeness (QED) is 0.701. The number of rotatable bonds is 5. The minimum Gasteiger partial charge on any atom is -0.264 e. The summed E-state index contributed by atoms with van der Waals surface area (Å²) in [6.45, 7) is 3.96. The van der Waals surface area contributed by atoms with Gasteiger partial charge in [-0.1, -0.05) is 24.3 Å². The first-order valence-electron chi connectivity index (χ1n) is 9.84. The number of benzene rings is 1. The molecule has 2 unspecified atom stereocenters. The Balaban J connectivity index is 1.67. The Morgan fingerprint density at radius 3 is 2.66 bits per heavy atom. The van der Waals surface area contributed by atoms with Crippen LogP contribution in [-0.2, 0) is 22.9 Å². The molecule has 2 aromatic heterocycles. The number of fused-ring (bicyclic) bond motifs is 1. The number of pyridine rings is 1. The van der Waals surface area contributed by atoms with Gasteiger partial charge >= 0.3 is 0 Å². The minimum absolute atomic E-state index is 0.0668. The van der Waals surface area contributed by atoms with E-state index < -0.39 is 10.0 Å². The summed E-state index contributed by atoms with van der Waals surface area (Å²) in [7, 11) is -3.30. The lowest BCUT2D eigenvalue weighted by Gasteiger charge is -2.33. The van der Waals surface area contributed by atoms with E-state index in [1.165, 1.54) is 6.26 Å². The number of aromatic nitrogens is 3. The van der Waals surface area contributed by atoms with Gasteiger partial charge in [0.15, 0.2) is 0 Å². The summed E-state index contributed by atoms with van der Waals surface area (Å²) in [5, 5.41) is 4.67. The molecule has 0 aliphatic carbocycles. The second-order valence-corrected chi connectivity index (χ2v) is 9.67. The van der Waals surface area contributed by atoms with Crippen molar-refractivity contribution in [2.45, 2.75) is 45.2 Å². The molecule has 7 heteroatoms. The Bertz CT molecular complexity index is 1140. The average Bonchev–Trinajstić information content (AvgIpc) is 3.04. The van der Waals surface area contributed by atoms with E-state index in [-0.39, 0.29) is 12.1 Å². The van der Waals surface area contributed by atoms with Crippen LogP contribution >= 0.6 is 0 Å². The van der Waals surface area contributed by atoms with Crippen molar-refractivity contribution in [1.82, 2.24) is 19.5 Å². The molecule has 3 heterocycles. The fourth-order valence-corrected chi connectivity index (χ4v) is 4.98. The summed E-state index contributed by atoms with van der Waals surface area (Å²) in [5.41, 5.74) is 6.24.